The van der Waals surface area contributed by atoms with Gasteiger partial charge < -0.3 is 19.3 Å². The minimum Gasteiger partial charge on any atom is -0.497 e. The first kappa shape index (κ1) is 25.3. The van der Waals surface area contributed by atoms with Gasteiger partial charge in [0.25, 0.3) is 5.91 Å². The van der Waals surface area contributed by atoms with Crippen LogP contribution in [0, 0.1) is 5.41 Å². The lowest BCUT2D eigenvalue weighted by Crippen LogP contribution is -2.50. The summed E-state index contributed by atoms with van der Waals surface area (Å²) in [6, 6.07) is 26.8. The molecule has 1 heterocycles. The maximum atomic E-state index is 13.4. The Bertz CT molecular complexity index is 1150. The van der Waals surface area contributed by atoms with Crippen molar-refractivity contribution in [1.82, 2.24) is 9.80 Å². The highest BCUT2D eigenvalue weighted by atomic mass is 16.5. The van der Waals surface area contributed by atoms with E-state index in [1.54, 1.807) is 24.1 Å². The number of rotatable bonds is 9. The lowest BCUT2D eigenvalue weighted by Gasteiger charge is -2.43. The Balaban J connectivity index is 1.52. The molecule has 3 aromatic rings. The molecule has 1 aliphatic rings. The van der Waals surface area contributed by atoms with E-state index in [9.17, 15) is 9.59 Å². The summed E-state index contributed by atoms with van der Waals surface area (Å²) in [6.07, 6.45) is 1.93. The van der Waals surface area contributed by atoms with Gasteiger partial charge in [-0.3, -0.25) is 9.59 Å². The Morgan fingerprint density at radius 2 is 1.64 bits per heavy atom. The van der Waals surface area contributed by atoms with Crippen molar-refractivity contribution in [2.45, 2.75) is 25.8 Å². The molecule has 0 aromatic heterocycles. The molecule has 36 heavy (non-hydrogen) atoms. The Morgan fingerprint density at radius 1 is 0.944 bits per heavy atom. The zero-order valence-corrected chi connectivity index (χ0v) is 21.1. The van der Waals surface area contributed by atoms with Crippen molar-refractivity contribution in [3.05, 3.63) is 96.1 Å². The average Bonchev–Trinajstić information content (AvgIpc) is 2.93. The van der Waals surface area contributed by atoms with Gasteiger partial charge in [-0.05, 0) is 48.7 Å². The topological polar surface area (TPSA) is 59.1 Å². The predicted octanol–water partition coefficient (Wildman–Crippen LogP) is 5.05. The zero-order chi connectivity index (χ0) is 25.4. The number of hydrogen-bond acceptors (Lipinski definition) is 4. The molecule has 1 fully saturated rings. The monoisotopic (exact) mass is 486 g/mol. The van der Waals surface area contributed by atoms with E-state index in [1.807, 2.05) is 84.7 Å². The lowest BCUT2D eigenvalue weighted by atomic mass is 9.77. The molecule has 188 valence electrons. The van der Waals surface area contributed by atoms with Gasteiger partial charge in [-0.15, -0.1) is 0 Å². The number of carbonyl (C=O) groups is 2. The van der Waals surface area contributed by atoms with Gasteiger partial charge in [-0.25, -0.2) is 0 Å². The molecule has 1 aliphatic heterocycles. The van der Waals surface area contributed by atoms with Crippen molar-refractivity contribution in [1.29, 1.82) is 0 Å². The number of amides is 2. The third kappa shape index (κ3) is 6.45. The van der Waals surface area contributed by atoms with Crippen LogP contribution in [0.3, 0.4) is 0 Å². The molecule has 4 rings (SSSR count). The number of hydrogen-bond donors (Lipinski definition) is 0. The molecule has 1 atom stereocenters. The molecule has 0 N–H and O–H groups in total. The first-order valence-corrected chi connectivity index (χ1v) is 12.4. The van der Waals surface area contributed by atoms with Crippen molar-refractivity contribution in [3.8, 4) is 11.5 Å². The number of para-hydroxylation sites is 1. The minimum absolute atomic E-state index is 0.0474. The third-order valence-corrected chi connectivity index (χ3v) is 6.77. The van der Waals surface area contributed by atoms with Gasteiger partial charge in [0.05, 0.1) is 13.7 Å². The SMILES string of the molecule is COc1cccc(C(=O)N2CCC[C@](COc3ccccc3)(CC(=O)N(C)Cc3ccccc3)C2)c1. The fraction of sp³-hybridized carbons (Fsp3) is 0.333. The van der Waals surface area contributed by atoms with Crippen LogP contribution in [-0.2, 0) is 11.3 Å². The standard InChI is InChI=1S/C30H34N2O4/c1-31(21-24-11-5-3-6-12-24)28(33)20-30(23-36-26-14-7-4-8-15-26)17-10-18-32(22-30)29(34)25-13-9-16-27(19-25)35-2/h3-9,11-16,19H,10,17-18,20-23H2,1-2H3/t30-/m0/s1. The Kier molecular flexibility index (Phi) is 8.26. The second-order valence-corrected chi connectivity index (χ2v) is 9.58. The van der Waals surface area contributed by atoms with Crippen LogP contribution in [0.2, 0.25) is 0 Å². The predicted molar refractivity (Wildman–Crippen MR) is 140 cm³/mol. The number of ether oxygens (including phenoxy) is 2. The summed E-state index contributed by atoms with van der Waals surface area (Å²) in [6.45, 7) is 2.02. The molecule has 0 bridgehead atoms. The van der Waals surface area contributed by atoms with Crippen LogP contribution >= 0.6 is 0 Å². The molecule has 6 nitrogen and oxygen atoms in total. The summed E-state index contributed by atoms with van der Waals surface area (Å²) < 4.78 is 11.5. The molecule has 0 radical (unpaired) electrons. The third-order valence-electron chi connectivity index (χ3n) is 6.77. The van der Waals surface area contributed by atoms with E-state index in [0.717, 1.165) is 24.2 Å². The maximum absolute atomic E-state index is 13.4. The molecular weight excluding hydrogens is 452 g/mol. The Labute approximate surface area is 213 Å². The number of nitrogens with zero attached hydrogens (tertiary/aromatic N) is 2. The largest absolute Gasteiger partial charge is 0.497 e. The summed E-state index contributed by atoms with van der Waals surface area (Å²) in [5.74, 6) is 1.40. The number of methoxy groups -OCH3 is 1. The van der Waals surface area contributed by atoms with Crippen LogP contribution in [0.4, 0.5) is 0 Å². The first-order valence-electron chi connectivity index (χ1n) is 12.4. The molecule has 0 saturated carbocycles. The van der Waals surface area contributed by atoms with E-state index in [-0.39, 0.29) is 11.8 Å². The molecule has 0 spiro atoms. The van der Waals surface area contributed by atoms with Gasteiger partial charge in [0.15, 0.2) is 0 Å². The first-order chi connectivity index (χ1) is 17.5. The van der Waals surface area contributed by atoms with Gasteiger partial charge in [0.1, 0.15) is 11.5 Å². The van der Waals surface area contributed by atoms with E-state index in [2.05, 4.69) is 0 Å². The molecule has 3 aromatic carbocycles. The molecule has 0 aliphatic carbocycles. The van der Waals surface area contributed by atoms with Crippen LogP contribution in [0.5, 0.6) is 11.5 Å². The van der Waals surface area contributed by atoms with Crippen LogP contribution in [0.15, 0.2) is 84.9 Å². The van der Waals surface area contributed by atoms with Gasteiger partial charge in [-0.2, -0.15) is 0 Å². The van der Waals surface area contributed by atoms with E-state index in [4.69, 9.17) is 9.47 Å². The van der Waals surface area contributed by atoms with Crippen LogP contribution in [0.25, 0.3) is 0 Å². The van der Waals surface area contributed by atoms with E-state index >= 15 is 0 Å². The summed E-state index contributed by atoms with van der Waals surface area (Å²) >= 11 is 0. The van der Waals surface area contributed by atoms with Crippen molar-refractivity contribution < 1.29 is 19.1 Å². The van der Waals surface area contributed by atoms with Crippen molar-refractivity contribution >= 4 is 11.8 Å². The summed E-state index contributed by atoms with van der Waals surface area (Å²) in [4.78, 5) is 30.5. The van der Waals surface area contributed by atoms with Crippen molar-refractivity contribution in [2.24, 2.45) is 5.41 Å². The van der Waals surface area contributed by atoms with E-state index in [0.29, 0.717) is 44.0 Å². The second kappa shape index (κ2) is 11.8. The Morgan fingerprint density at radius 3 is 2.36 bits per heavy atom. The normalized spacial score (nSPS) is 17.3. The summed E-state index contributed by atoms with van der Waals surface area (Å²) in [7, 11) is 3.43. The van der Waals surface area contributed by atoms with Gasteiger partial charge in [0, 0.05) is 44.1 Å². The second-order valence-electron chi connectivity index (χ2n) is 9.58. The number of piperidine rings is 1. The number of likely N-dealkylation sites (tertiary alicyclic amines) is 1. The minimum atomic E-state index is -0.481. The van der Waals surface area contributed by atoms with Crippen LogP contribution in [0.1, 0.15) is 35.2 Å². The summed E-state index contributed by atoms with van der Waals surface area (Å²) in [5.41, 5.74) is 1.19. The fourth-order valence-electron chi connectivity index (χ4n) is 4.79. The zero-order valence-electron chi connectivity index (χ0n) is 21.1. The molecule has 6 heteroatoms. The smallest absolute Gasteiger partial charge is 0.254 e. The lowest BCUT2D eigenvalue weighted by molar-refractivity contribution is -0.134. The fourth-order valence-corrected chi connectivity index (χ4v) is 4.79. The van der Waals surface area contributed by atoms with Crippen LogP contribution in [-0.4, -0.2) is 55.5 Å². The highest BCUT2D eigenvalue weighted by molar-refractivity contribution is 5.94. The van der Waals surface area contributed by atoms with Gasteiger partial charge in [-0.1, -0.05) is 54.6 Å². The van der Waals surface area contributed by atoms with Crippen LogP contribution < -0.4 is 9.47 Å². The highest BCUT2D eigenvalue weighted by Crippen LogP contribution is 2.36. The van der Waals surface area contributed by atoms with Crippen molar-refractivity contribution in [2.75, 3.05) is 33.9 Å². The number of benzene rings is 3. The molecular formula is C30H34N2O4. The van der Waals surface area contributed by atoms with Crippen molar-refractivity contribution in [3.63, 3.8) is 0 Å². The maximum Gasteiger partial charge on any atom is 0.254 e. The quantitative estimate of drug-likeness (QED) is 0.425. The average molecular weight is 487 g/mol. The van der Waals surface area contributed by atoms with Gasteiger partial charge >= 0.3 is 0 Å². The Hall–Kier alpha value is -3.80. The number of carbonyl (C=O) groups excluding carboxylic acids is 2. The summed E-state index contributed by atoms with van der Waals surface area (Å²) in [5, 5.41) is 0. The molecule has 1 saturated heterocycles. The van der Waals surface area contributed by atoms with E-state index in [1.165, 1.54) is 0 Å². The van der Waals surface area contributed by atoms with E-state index < -0.39 is 5.41 Å². The molecule has 0 unspecified atom stereocenters. The van der Waals surface area contributed by atoms with Gasteiger partial charge in [0.2, 0.25) is 5.91 Å². The molecule has 2 amide bonds. The highest BCUT2D eigenvalue weighted by Gasteiger charge is 2.40.